The van der Waals surface area contributed by atoms with Crippen LogP contribution in [0.15, 0.2) is 121 Å². The highest BCUT2D eigenvalue weighted by Crippen LogP contribution is 2.24. The normalized spacial score (nSPS) is 14.8. The Bertz CT molecular complexity index is 2540. The van der Waals surface area contributed by atoms with Crippen LogP contribution >= 0.6 is 0 Å². The Balaban J connectivity index is 1.25. The molecule has 2 aromatic heterocycles. The van der Waals surface area contributed by atoms with Gasteiger partial charge in [0.2, 0.25) is 11.8 Å². The molecule has 0 saturated carbocycles. The molecule has 0 bridgehead atoms. The molecule has 0 aliphatic heterocycles. The summed E-state index contributed by atoms with van der Waals surface area (Å²) in [7, 11) is 0. The molecule has 0 spiro atoms. The Hall–Kier alpha value is -6.90. The van der Waals surface area contributed by atoms with Gasteiger partial charge in [-0.2, -0.15) is 0 Å². The fraction of sp³-hybridized carbons (Fsp3) is 0.306. The molecule has 2 heterocycles. The van der Waals surface area contributed by atoms with E-state index in [9.17, 15) is 39.6 Å². The Morgan fingerprint density at radius 2 is 0.937 bits per heavy atom. The van der Waals surface area contributed by atoms with E-state index in [2.05, 4.69) is 31.2 Å². The number of fused-ring (bicyclic) bond motifs is 2. The number of carbonyl (C=O) groups excluding carboxylic acids is 4. The van der Waals surface area contributed by atoms with Gasteiger partial charge in [-0.3, -0.25) is 19.2 Å². The fourth-order valence-electron chi connectivity index (χ4n) is 7.45. The monoisotopic (exact) mass is 854 g/mol. The first-order chi connectivity index (χ1) is 30.2. The van der Waals surface area contributed by atoms with Crippen molar-refractivity contribution in [2.75, 3.05) is 0 Å². The van der Waals surface area contributed by atoms with E-state index in [1.54, 1.807) is 69.3 Å². The highest BCUT2D eigenvalue weighted by Gasteiger charge is 2.38. The second-order valence-electron chi connectivity index (χ2n) is 16.2. The van der Waals surface area contributed by atoms with E-state index in [4.69, 9.17) is 0 Å². The molecule has 14 heteroatoms. The van der Waals surface area contributed by atoms with Crippen LogP contribution in [0.1, 0.15) is 66.2 Å². The first-order valence-electron chi connectivity index (χ1n) is 21.1. The maximum absolute atomic E-state index is 14.3. The van der Waals surface area contributed by atoms with Gasteiger partial charge < -0.3 is 41.7 Å². The van der Waals surface area contributed by atoms with Gasteiger partial charge in [-0.05, 0) is 60.1 Å². The number of para-hydroxylation sites is 2. The Morgan fingerprint density at radius 3 is 1.35 bits per heavy atom. The second kappa shape index (κ2) is 20.8. The van der Waals surface area contributed by atoms with Crippen molar-refractivity contribution in [2.24, 2.45) is 11.8 Å². The zero-order valence-corrected chi connectivity index (χ0v) is 35.6. The number of benzene rings is 4. The lowest BCUT2D eigenvalue weighted by Crippen LogP contribution is -2.61. The average Bonchev–Trinajstić information content (AvgIpc) is 3.29. The molecule has 63 heavy (non-hydrogen) atoms. The van der Waals surface area contributed by atoms with E-state index < -0.39 is 65.9 Å². The number of hydrogen-bond donors (Lipinski definition) is 8. The minimum atomic E-state index is -1.66. The molecular weight excluding hydrogens is 801 g/mol. The van der Waals surface area contributed by atoms with Crippen LogP contribution in [0.4, 0.5) is 0 Å². The Kier molecular flexibility index (Phi) is 15.0. The molecule has 4 amide bonds. The molecule has 8 N–H and O–H groups in total. The number of rotatable bonds is 18. The molecule has 14 nitrogen and oxygen atoms in total. The van der Waals surface area contributed by atoms with Gasteiger partial charge in [-0.1, -0.05) is 131 Å². The summed E-state index contributed by atoms with van der Waals surface area (Å²) >= 11 is 0. The summed E-state index contributed by atoms with van der Waals surface area (Å²) in [5.74, 6) is -3.56. The van der Waals surface area contributed by atoms with Crippen molar-refractivity contribution in [1.82, 2.24) is 31.2 Å². The number of phenols is 2. The Morgan fingerprint density at radius 1 is 0.524 bits per heavy atom. The molecule has 0 saturated heterocycles. The zero-order chi connectivity index (χ0) is 45.2. The summed E-state index contributed by atoms with van der Waals surface area (Å²) in [4.78, 5) is 64.3. The first kappa shape index (κ1) is 45.6. The molecule has 0 aliphatic carbocycles. The minimum Gasteiger partial charge on any atom is -0.506 e. The second-order valence-corrected chi connectivity index (χ2v) is 16.2. The number of aromatic hydroxyl groups is 2. The number of pyridine rings is 2. The van der Waals surface area contributed by atoms with Crippen molar-refractivity contribution in [3.05, 3.63) is 144 Å². The molecule has 0 radical (unpaired) electrons. The number of nitrogens with one attached hydrogen (secondary N) is 4. The van der Waals surface area contributed by atoms with Gasteiger partial charge in [-0.15, -0.1) is 0 Å². The van der Waals surface area contributed by atoms with E-state index in [0.29, 0.717) is 17.2 Å². The summed E-state index contributed by atoms with van der Waals surface area (Å²) < 4.78 is 0. The van der Waals surface area contributed by atoms with Crippen LogP contribution in [0.2, 0.25) is 0 Å². The van der Waals surface area contributed by atoms with Crippen molar-refractivity contribution >= 4 is 45.4 Å². The van der Waals surface area contributed by atoms with E-state index >= 15 is 0 Å². The van der Waals surface area contributed by atoms with Gasteiger partial charge in [0.05, 0.1) is 12.1 Å². The molecule has 6 aromatic rings. The topological polar surface area (TPSA) is 223 Å². The number of aliphatic hydroxyl groups excluding tert-OH is 2. The highest BCUT2D eigenvalue weighted by molar-refractivity contribution is 5.99. The predicted octanol–water partition coefficient (Wildman–Crippen LogP) is 4.97. The van der Waals surface area contributed by atoms with Gasteiger partial charge in [0.15, 0.2) is 0 Å². The lowest BCUT2D eigenvalue weighted by Gasteiger charge is -2.35. The molecular formula is C49H54N6O8. The van der Waals surface area contributed by atoms with Gasteiger partial charge in [0, 0.05) is 10.8 Å². The summed E-state index contributed by atoms with van der Waals surface area (Å²) in [6.07, 6.45) is -2.69. The van der Waals surface area contributed by atoms with E-state index in [-0.39, 0.29) is 52.7 Å². The third kappa shape index (κ3) is 11.3. The quantitative estimate of drug-likeness (QED) is 0.0580. The molecule has 7 atom stereocenters. The average molecular weight is 855 g/mol. The van der Waals surface area contributed by atoms with Crippen LogP contribution < -0.4 is 21.3 Å². The zero-order valence-electron chi connectivity index (χ0n) is 35.6. The van der Waals surface area contributed by atoms with Gasteiger partial charge in [0.25, 0.3) is 11.8 Å². The molecule has 0 fully saturated rings. The molecule has 1 unspecified atom stereocenters. The lowest BCUT2D eigenvalue weighted by atomic mass is 9.90. The molecule has 4 aromatic carbocycles. The maximum atomic E-state index is 14.3. The predicted molar refractivity (Wildman–Crippen MR) is 240 cm³/mol. The van der Waals surface area contributed by atoms with Crippen molar-refractivity contribution in [3.8, 4) is 11.5 Å². The van der Waals surface area contributed by atoms with Gasteiger partial charge >= 0.3 is 0 Å². The number of aromatic nitrogens is 2. The third-order valence-corrected chi connectivity index (χ3v) is 11.3. The van der Waals surface area contributed by atoms with Crippen LogP contribution in [0.3, 0.4) is 0 Å². The van der Waals surface area contributed by atoms with Crippen molar-refractivity contribution in [1.29, 1.82) is 0 Å². The van der Waals surface area contributed by atoms with Crippen molar-refractivity contribution < 1.29 is 39.6 Å². The number of phenolic OH excluding ortho intramolecular Hbond substituents is 2. The smallest absolute Gasteiger partial charge is 0.270 e. The van der Waals surface area contributed by atoms with Crippen LogP contribution in [0.25, 0.3) is 21.8 Å². The fourth-order valence-corrected chi connectivity index (χ4v) is 7.45. The number of hydrogen-bond acceptors (Lipinski definition) is 10. The third-order valence-electron chi connectivity index (χ3n) is 11.3. The van der Waals surface area contributed by atoms with Gasteiger partial charge in [0.1, 0.15) is 58.2 Å². The maximum Gasteiger partial charge on any atom is 0.270 e. The summed E-state index contributed by atoms with van der Waals surface area (Å²) in [6.45, 7) is 7.17. The van der Waals surface area contributed by atoms with Gasteiger partial charge in [-0.25, -0.2) is 9.97 Å². The molecule has 6 rings (SSSR count). The highest BCUT2D eigenvalue weighted by atomic mass is 16.3. The van der Waals surface area contributed by atoms with Crippen LogP contribution in [-0.2, 0) is 22.4 Å². The van der Waals surface area contributed by atoms with Crippen LogP contribution in [0, 0.1) is 11.8 Å². The largest absolute Gasteiger partial charge is 0.506 e. The van der Waals surface area contributed by atoms with Crippen molar-refractivity contribution in [2.45, 2.75) is 83.3 Å². The number of aliphatic hydroxyl groups is 2. The van der Waals surface area contributed by atoms with E-state index in [1.807, 2.05) is 55.5 Å². The van der Waals surface area contributed by atoms with Crippen LogP contribution in [0.5, 0.6) is 11.5 Å². The first-order valence-corrected chi connectivity index (χ1v) is 21.1. The summed E-state index contributed by atoms with van der Waals surface area (Å²) in [6, 6.07) is 29.7. The molecule has 0 aliphatic rings. The molecule has 328 valence electrons. The lowest BCUT2D eigenvalue weighted by molar-refractivity contribution is -0.129. The van der Waals surface area contributed by atoms with Crippen molar-refractivity contribution in [3.63, 3.8) is 0 Å². The number of nitrogens with zero attached hydrogens (tertiary/aromatic N) is 2. The van der Waals surface area contributed by atoms with Crippen LogP contribution in [-0.4, -0.2) is 90.4 Å². The number of carbonyl (C=O) groups is 4. The van der Waals surface area contributed by atoms with E-state index in [1.165, 1.54) is 24.3 Å². The number of amides is 4. The summed E-state index contributed by atoms with van der Waals surface area (Å²) in [5, 5.41) is 57.6. The minimum absolute atomic E-state index is 0.00962. The summed E-state index contributed by atoms with van der Waals surface area (Å²) in [5.41, 5.74) is 1.91. The standard InChI is InChI=1S/C49H54N6O8/c1-5-29(4)41(55-47(61)35-25-23-33-19-13-21-39(57)43(33)51-35)49(63)53-37(27-31-16-10-7-11-17-31)45(59)44(58)36(26-30-14-8-6-9-15-30)52-48(62)40(28(2)3)54-46(60)34-24-22-32-18-12-20-38(56)42(32)50-34/h6-25,28-29,36-37,40-41,44-45,56-59H,5,26-27H2,1-4H3,(H,52,62)(H,53,63)(H,54,60)(H,55,61)/t29?,36-,37-,40-,41-,44+,45+/m0/s1. The Labute approximate surface area is 365 Å². The SMILES string of the molecule is CCC(C)[C@H](NC(=O)c1ccc2cccc(O)c2n1)C(=O)N[C@@H](Cc1ccccc1)[C@@H](O)[C@H](O)[C@H](Cc1ccccc1)NC(=O)[C@@H](NC(=O)c1ccc2cccc(O)c2n1)C(C)C. The van der Waals surface area contributed by atoms with E-state index in [0.717, 1.165) is 11.1 Å².